The van der Waals surface area contributed by atoms with E-state index in [4.69, 9.17) is 24.8 Å². The van der Waals surface area contributed by atoms with E-state index in [9.17, 15) is 4.79 Å². The Balaban J connectivity index is 0.000000229. The highest BCUT2D eigenvalue weighted by Crippen LogP contribution is 2.46. The van der Waals surface area contributed by atoms with Crippen LogP contribution in [-0.2, 0) is 4.79 Å². The number of phenols is 3. The second-order valence-corrected chi connectivity index (χ2v) is 19.2. The molecule has 0 aromatic heterocycles. The Kier molecular flexibility index (Phi) is 26.3. The van der Waals surface area contributed by atoms with Crippen LogP contribution in [0.4, 0.5) is 0 Å². The van der Waals surface area contributed by atoms with Crippen LogP contribution in [0, 0.1) is 5.92 Å². The molecule has 7 unspecified atom stereocenters. The van der Waals surface area contributed by atoms with Gasteiger partial charge in [0.2, 0.25) is 0 Å². The molecule has 1 aliphatic carbocycles. The molecule has 6 nitrogen and oxygen atoms in total. The number of carbonyl (C=O) groups is 1. The average molecular weight is 975 g/mol. The molecule has 0 aliphatic heterocycles. The van der Waals surface area contributed by atoms with E-state index in [-0.39, 0.29) is 17.6 Å². The SMILES string of the molecule is CC1c2cccc3cccc(c23)C1C.CCC(C)C(=O)Oc1ccc(O)cc1.CCC(C)c1ccc(O)cc1.CCC(C)c1ccc(OC)cc1.CCC(C)c1cccc(O)c1.CCC(C)c1ccccc1. The monoisotopic (exact) mass is 975 g/mol. The first-order chi connectivity index (χ1) is 34.5. The van der Waals surface area contributed by atoms with Crippen LogP contribution in [0.5, 0.6) is 28.7 Å². The number of hydrogen-bond acceptors (Lipinski definition) is 6. The Hall–Kier alpha value is -6.53. The van der Waals surface area contributed by atoms with Gasteiger partial charge in [-0.15, -0.1) is 0 Å². The average Bonchev–Trinajstić information content (AvgIpc) is 3.67. The Bertz CT molecular complexity index is 2530. The molecule has 0 radical (unpaired) electrons. The van der Waals surface area contributed by atoms with Crippen LogP contribution in [0.25, 0.3) is 10.8 Å². The Morgan fingerprint density at radius 1 is 0.444 bits per heavy atom. The molecule has 0 saturated heterocycles. The normalized spacial score (nSPS) is 15.0. The van der Waals surface area contributed by atoms with Crippen molar-refractivity contribution in [3.63, 3.8) is 0 Å². The number of ether oxygens (including phenoxy) is 2. The minimum atomic E-state index is -0.238. The molecule has 0 fully saturated rings. The van der Waals surface area contributed by atoms with E-state index >= 15 is 0 Å². The lowest BCUT2D eigenvalue weighted by Crippen LogP contribution is -2.16. The third-order valence-electron chi connectivity index (χ3n) is 14.2. The zero-order valence-corrected chi connectivity index (χ0v) is 45.7. The molecule has 0 spiro atoms. The van der Waals surface area contributed by atoms with Crippen LogP contribution in [0.3, 0.4) is 0 Å². The van der Waals surface area contributed by atoms with Gasteiger partial charge in [-0.25, -0.2) is 0 Å². The minimum Gasteiger partial charge on any atom is -0.508 e. The molecule has 0 saturated carbocycles. The van der Waals surface area contributed by atoms with Gasteiger partial charge in [0, 0.05) is 0 Å². The summed E-state index contributed by atoms with van der Waals surface area (Å²) in [6.07, 6.45) is 5.43. The van der Waals surface area contributed by atoms with Gasteiger partial charge in [-0.05, 0) is 172 Å². The summed E-state index contributed by atoms with van der Waals surface area (Å²) in [5.41, 5.74) is 8.41. The van der Waals surface area contributed by atoms with Gasteiger partial charge >= 0.3 is 5.97 Å². The molecule has 7 aromatic carbocycles. The molecule has 7 atom stereocenters. The highest BCUT2D eigenvalue weighted by molar-refractivity contribution is 5.92. The number of aromatic hydroxyl groups is 3. The predicted octanol–water partition coefficient (Wildman–Crippen LogP) is 18.6. The third kappa shape index (κ3) is 19.2. The molecule has 1 aliphatic rings. The number of hydrogen-bond donors (Lipinski definition) is 3. The summed E-state index contributed by atoms with van der Waals surface area (Å²) in [5, 5.41) is 30.1. The van der Waals surface area contributed by atoms with Crippen LogP contribution in [0.1, 0.15) is 184 Å². The van der Waals surface area contributed by atoms with Crippen LogP contribution < -0.4 is 9.47 Å². The first-order valence-corrected chi connectivity index (χ1v) is 26.3. The summed E-state index contributed by atoms with van der Waals surface area (Å²) >= 11 is 0. The summed E-state index contributed by atoms with van der Waals surface area (Å²) in [5.74, 6) is 5.78. The van der Waals surface area contributed by atoms with Crippen molar-refractivity contribution in [1.82, 2.24) is 0 Å². The fourth-order valence-corrected chi connectivity index (χ4v) is 7.89. The van der Waals surface area contributed by atoms with Crippen molar-refractivity contribution >= 4 is 16.7 Å². The largest absolute Gasteiger partial charge is 0.508 e. The smallest absolute Gasteiger partial charge is 0.314 e. The highest BCUT2D eigenvalue weighted by Gasteiger charge is 2.27. The number of benzene rings is 7. The summed E-state index contributed by atoms with van der Waals surface area (Å²) in [6.45, 7) is 26.0. The van der Waals surface area contributed by atoms with E-state index < -0.39 is 0 Å². The number of esters is 1. The maximum Gasteiger partial charge on any atom is 0.314 e. The van der Waals surface area contributed by atoms with Crippen molar-refractivity contribution in [2.75, 3.05) is 7.11 Å². The van der Waals surface area contributed by atoms with Gasteiger partial charge in [0.25, 0.3) is 0 Å². The highest BCUT2D eigenvalue weighted by atomic mass is 16.5. The van der Waals surface area contributed by atoms with Crippen LogP contribution in [0.15, 0.2) is 164 Å². The van der Waals surface area contributed by atoms with Crippen molar-refractivity contribution in [1.29, 1.82) is 0 Å². The first kappa shape index (κ1) is 59.8. The summed E-state index contributed by atoms with van der Waals surface area (Å²) in [7, 11) is 1.69. The summed E-state index contributed by atoms with van der Waals surface area (Å²) in [6, 6.07) is 53.3. The van der Waals surface area contributed by atoms with Crippen molar-refractivity contribution in [2.24, 2.45) is 5.92 Å². The van der Waals surface area contributed by atoms with Crippen LogP contribution in [-0.4, -0.2) is 28.4 Å². The lowest BCUT2D eigenvalue weighted by Gasteiger charge is -2.10. The molecule has 72 heavy (non-hydrogen) atoms. The van der Waals surface area contributed by atoms with E-state index in [0.29, 0.717) is 52.8 Å². The fourth-order valence-electron chi connectivity index (χ4n) is 7.89. The number of carbonyl (C=O) groups excluding carboxylic acids is 1. The molecule has 0 bridgehead atoms. The fraction of sp³-hybridized carbons (Fsp3) is 0.379. The van der Waals surface area contributed by atoms with E-state index in [1.165, 1.54) is 69.1 Å². The van der Waals surface area contributed by atoms with Crippen molar-refractivity contribution < 1.29 is 29.6 Å². The lowest BCUT2D eigenvalue weighted by molar-refractivity contribution is -0.138. The van der Waals surface area contributed by atoms with Gasteiger partial charge in [0.1, 0.15) is 28.7 Å². The Morgan fingerprint density at radius 3 is 1.26 bits per heavy atom. The second kappa shape index (κ2) is 31.7. The van der Waals surface area contributed by atoms with Crippen molar-refractivity contribution in [3.05, 3.63) is 197 Å². The maximum absolute atomic E-state index is 11.3. The third-order valence-corrected chi connectivity index (χ3v) is 14.2. The lowest BCUT2D eigenvalue weighted by atomic mass is 9.94. The van der Waals surface area contributed by atoms with Crippen LogP contribution in [0.2, 0.25) is 0 Å². The number of methoxy groups -OCH3 is 1. The van der Waals surface area contributed by atoms with E-state index in [1.807, 2.05) is 56.3 Å². The van der Waals surface area contributed by atoms with Gasteiger partial charge in [-0.3, -0.25) is 4.79 Å². The molecule has 0 amide bonds. The minimum absolute atomic E-state index is 0.0937. The van der Waals surface area contributed by atoms with Crippen molar-refractivity contribution in [2.45, 2.75) is 151 Å². The number of rotatable bonds is 12. The Morgan fingerprint density at radius 2 is 0.833 bits per heavy atom. The first-order valence-electron chi connectivity index (χ1n) is 26.3. The zero-order valence-electron chi connectivity index (χ0n) is 45.7. The summed E-state index contributed by atoms with van der Waals surface area (Å²) < 4.78 is 10.2. The van der Waals surface area contributed by atoms with Crippen LogP contribution >= 0.6 is 0 Å². The molecule has 8 rings (SSSR count). The molecule has 386 valence electrons. The quantitative estimate of drug-likeness (QED) is 0.0834. The van der Waals surface area contributed by atoms with E-state index in [0.717, 1.165) is 25.0 Å². The molecular formula is C66H86O6. The van der Waals surface area contributed by atoms with Gasteiger partial charge in [-0.1, -0.05) is 186 Å². The summed E-state index contributed by atoms with van der Waals surface area (Å²) in [4.78, 5) is 11.3. The molecular weight excluding hydrogens is 889 g/mol. The maximum atomic E-state index is 11.3. The van der Waals surface area contributed by atoms with Gasteiger partial charge < -0.3 is 24.8 Å². The Labute approximate surface area is 434 Å². The topological polar surface area (TPSA) is 96.2 Å². The predicted molar refractivity (Wildman–Crippen MR) is 304 cm³/mol. The van der Waals surface area contributed by atoms with Gasteiger partial charge in [0.15, 0.2) is 0 Å². The van der Waals surface area contributed by atoms with Crippen molar-refractivity contribution in [3.8, 4) is 28.7 Å². The standard InChI is InChI=1S/C14H14.C11H14O3.C11H16O.2C10H14O.C10H14/c1-9-10(2)13-8-4-6-11-5-3-7-12(9)14(11)13;1-3-8(2)11(13)14-10-6-4-9(12)5-7-10;1-4-9(2)10-5-7-11(12-3)8-6-10;1-3-8(2)9-4-6-10(11)7-5-9;1-3-8(2)9-5-4-6-10(11)7-9;1-3-9(2)10-7-5-4-6-8-10/h3-10H,1-2H3;4-8,12H,3H2,1-2H3;5-9H,4H2,1-3H3;2*4-8,11H,3H2,1-2H3;4-9H,3H2,1-2H3. The van der Waals surface area contributed by atoms with E-state index in [1.54, 1.807) is 37.4 Å². The van der Waals surface area contributed by atoms with E-state index in [2.05, 4.69) is 148 Å². The van der Waals surface area contributed by atoms with Gasteiger partial charge in [0.05, 0.1) is 13.0 Å². The van der Waals surface area contributed by atoms with Gasteiger partial charge in [-0.2, -0.15) is 0 Å². The number of phenolic OH excluding ortho intramolecular Hbond substituents is 3. The zero-order chi connectivity index (χ0) is 53.2. The molecule has 0 heterocycles. The second-order valence-electron chi connectivity index (χ2n) is 19.2. The molecule has 3 N–H and O–H groups in total. The molecule has 6 heteroatoms. The molecule has 7 aromatic rings.